The Bertz CT molecular complexity index is 1590. The average Bonchev–Trinajstić information content (AvgIpc) is 3.21. The van der Waals surface area contributed by atoms with Gasteiger partial charge in [0.15, 0.2) is 5.82 Å². The highest BCUT2D eigenvalue weighted by atomic mass is 79.9. The molecule has 168 valence electrons. The van der Waals surface area contributed by atoms with E-state index in [9.17, 15) is 9.59 Å². The molecule has 12 heteroatoms. The second kappa shape index (κ2) is 8.75. The van der Waals surface area contributed by atoms with Crippen LogP contribution in [0.3, 0.4) is 0 Å². The van der Waals surface area contributed by atoms with Crippen molar-refractivity contribution in [2.45, 2.75) is 13.0 Å². The maximum atomic E-state index is 13.2. The summed E-state index contributed by atoms with van der Waals surface area (Å²) in [4.78, 5) is 34.3. The molecule has 0 saturated heterocycles. The van der Waals surface area contributed by atoms with E-state index in [0.717, 1.165) is 20.8 Å². The van der Waals surface area contributed by atoms with E-state index in [1.165, 1.54) is 4.90 Å². The van der Waals surface area contributed by atoms with Gasteiger partial charge in [-0.15, -0.1) is 0 Å². The van der Waals surface area contributed by atoms with E-state index in [1.54, 1.807) is 30.3 Å². The number of H-pyrrole nitrogens is 1. The summed E-state index contributed by atoms with van der Waals surface area (Å²) >= 11 is 8.54. The van der Waals surface area contributed by atoms with Crippen molar-refractivity contribution in [3.63, 3.8) is 0 Å². The molecule has 10 nitrogen and oxygen atoms in total. The number of amides is 2. The molecule has 34 heavy (non-hydrogen) atoms. The van der Waals surface area contributed by atoms with E-state index in [1.807, 2.05) is 18.2 Å². The zero-order valence-corrected chi connectivity index (χ0v) is 19.7. The minimum atomic E-state index is -0.410. The van der Waals surface area contributed by atoms with Gasteiger partial charge in [0.05, 0.1) is 17.9 Å². The van der Waals surface area contributed by atoms with Crippen LogP contribution in [0.1, 0.15) is 12.0 Å². The van der Waals surface area contributed by atoms with E-state index in [0.29, 0.717) is 28.5 Å². The van der Waals surface area contributed by atoms with Crippen LogP contribution < -0.4 is 10.2 Å². The highest BCUT2D eigenvalue weighted by Gasteiger charge is 2.30. The molecule has 2 N–H and O–H groups in total. The molecule has 0 radical (unpaired) electrons. The number of aromatic nitrogens is 2. The minimum absolute atomic E-state index is 0.0709. The van der Waals surface area contributed by atoms with Crippen LogP contribution in [0.4, 0.5) is 17.1 Å². The number of rotatable bonds is 4. The lowest BCUT2D eigenvalue weighted by atomic mass is 10.0. The minimum Gasteiger partial charge on any atom is -0.348 e. The molecule has 1 aromatic heterocycles. The van der Waals surface area contributed by atoms with Crippen molar-refractivity contribution < 1.29 is 14.1 Å². The molecule has 0 aliphatic carbocycles. The largest absolute Gasteiger partial charge is 0.348 e. The fraction of sp³-hybridized carbons (Fsp3) is 0.0909. The standard InChI is InChI=1S/C22H14BrN7O3S/c23-16-8-17-20(14-5-4-11(6-15(14)16)10-25-29-24)26-18(31)9-19(32)30(17)13-3-1-2-12(7-13)21-27-22(34)33-28-21/h1-8H,9-10H2,(H,26,31)(H,27,28,34). The summed E-state index contributed by atoms with van der Waals surface area (Å²) in [5.41, 5.74) is 11.7. The molecule has 1 aliphatic heterocycles. The highest BCUT2D eigenvalue weighted by Crippen LogP contribution is 2.44. The fourth-order valence-corrected chi connectivity index (χ4v) is 4.57. The summed E-state index contributed by atoms with van der Waals surface area (Å²) in [6.07, 6.45) is -0.320. The molecule has 5 rings (SSSR count). The van der Waals surface area contributed by atoms with Gasteiger partial charge in [-0.1, -0.05) is 45.3 Å². The molecule has 0 bridgehead atoms. The quantitative estimate of drug-likeness (QED) is 0.106. The Morgan fingerprint density at radius 1 is 1.21 bits per heavy atom. The van der Waals surface area contributed by atoms with Crippen molar-refractivity contribution in [2.24, 2.45) is 5.11 Å². The summed E-state index contributed by atoms with van der Waals surface area (Å²) in [5.74, 6) is -0.365. The van der Waals surface area contributed by atoms with Gasteiger partial charge in [-0.25, -0.2) is 5.16 Å². The third-order valence-electron chi connectivity index (χ3n) is 5.33. The summed E-state index contributed by atoms with van der Waals surface area (Å²) in [5, 5.41) is 10.7. The van der Waals surface area contributed by atoms with E-state index in [-0.39, 0.29) is 23.7 Å². The SMILES string of the molecule is [N-]=[N+]=NCc1ccc2c3c(cc(Br)c2c1)N(c1cccc(-c2nc(=S)o[nH]2)c1)C(=O)CC(=O)N3. The Labute approximate surface area is 205 Å². The molecule has 0 unspecified atom stereocenters. The van der Waals surface area contributed by atoms with Crippen molar-refractivity contribution in [1.29, 1.82) is 0 Å². The molecular weight excluding hydrogens is 522 g/mol. The fourth-order valence-electron chi connectivity index (χ4n) is 3.90. The van der Waals surface area contributed by atoms with Gasteiger partial charge in [-0.05, 0) is 53.0 Å². The highest BCUT2D eigenvalue weighted by molar-refractivity contribution is 9.10. The summed E-state index contributed by atoms with van der Waals surface area (Å²) in [7, 11) is 0. The Kier molecular flexibility index (Phi) is 5.62. The number of benzene rings is 3. The Balaban J connectivity index is 1.70. The van der Waals surface area contributed by atoms with Crippen molar-refractivity contribution >= 4 is 67.8 Å². The lowest BCUT2D eigenvalue weighted by molar-refractivity contribution is -0.124. The number of nitrogens with one attached hydrogen (secondary N) is 2. The van der Waals surface area contributed by atoms with Gasteiger partial charge >= 0.3 is 4.84 Å². The van der Waals surface area contributed by atoms with Gasteiger partial charge < -0.3 is 9.84 Å². The first-order valence-electron chi connectivity index (χ1n) is 9.99. The first kappa shape index (κ1) is 21.8. The van der Waals surface area contributed by atoms with E-state index in [4.69, 9.17) is 22.3 Å². The van der Waals surface area contributed by atoms with Crippen LogP contribution in [0.15, 0.2) is 62.6 Å². The second-order valence-electron chi connectivity index (χ2n) is 7.46. The zero-order chi connectivity index (χ0) is 23.8. The molecule has 0 spiro atoms. The molecule has 0 atom stereocenters. The Hall–Kier alpha value is -3.99. The third kappa shape index (κ3) is 3.94. The van der Waals surface area contributed by atoms with Gasteiger partial charge in [0, 0.05) is 26.0 Å². The summed E-state index contributed by atoms with van der Waals surface area (Å²) < 4.78 is 5.74. The third-order valence-corrected chi connectivity index (χ3v) is 6.16. The maximum absolute atomic E-state index is 13.2. The van der Waals surface area contributed by atoms with Gasteiger partial charge in [0.25, 0.3) is 0 Å². The second-order valence-corrected chi connectivity index (χ2v) is 8.66. The van der Waals surface area contributed by atoms with Crippen LogP contribution in [-0.4, -0.2) is 22.0 Å². The molecular formula is C22H14BrN7O3S. The number of fused-ring (bicyclic) bond motifs is 3. The number of azide groups is 1. The van der Waals surface area contributed by atoms with Gasteiger partial charge in [-0.3, -0.25) is 14.5 Å². The van der Waals surface area contributed by atoms with E-state index < -0.39 is 5.91 Å². The van der Waals surface area contributed by atoms with Crippen molar-refractivity contribution in [3.8, 4) is 11.4 Å². The van der Waals surface area contributed by atoms with Crippen LogP contribution in [0.25, 0.3) is 32.6 Å². The van der Waals surface area contributed by atoms with Gasteiger partial charge in [-0.2, -0.15) is 4.98 Å². The van der Waals surface area contributed by atoms with Crippen molar-refractivity contribution in [1.82, 2.24) is 10.1 Å². The molecule has 4 aromatic rings. The number of anilines is 3. The van der Waals surface area contributed by atoms with Crippen LogP contribution in [0.5, 0.6) is 0 Å². The topological polar surface area (TPSA) is 140 Å². The van der Waals surface area contributed by atoms with Gasteiger partial charge in [0.1, 0.15) is 6.42 Å². The molecule has 0 saturated carbocycles. The first-order chi connectivity index (χ1) is 16.4. The van der Waals surface area contributed by atoms with Crippen LogP contribution >= 0.6 is 28.1 Å². The number of nitrogens with zero attached hydrogens (tertiary/aromatic N) is 5. The Morgan fingerprint density at radius 2 is 2.06 bits per heavy atom. The monoisotopic (exact) mass is 535 g/mol. The molecule has 2 heterocycles. The number of aromatic amines is 1. The molecule has 1 aliphatic rings. The number of hydrogen-bond acceptors (Lipinski definition) is 6. The number of carbonyl (C=O) groups excluding carboxylic acids is 2. The summed E-state index contributed by atoms with van der Waals surface area (Å²) in [6, 6.07) is 14.4. The van der Waals surface area contributed by atoms with Crippen molar-refractivity contribution in [3.05, 3.63) is 73.8 Å². The number of carbonyl (C=O) groups is 2. The lowest BCUT2D eigenvalue weighted by Gasteiger charge is -2.24. The Morgan fingerprint density at radius 3 is 2.82 bits per heavy atom. The van der Waals surface area contributed by atoms with Crippen LogP contribution in [0.2, 0.25) is 0 Å². The average molecular weight is 536 g/mol. The van der Waals surface area contributed by atoms with Gasteiger partial charge in [0.2, 0.25) is 11.8 Å². The number of halogens is 1. The van der Waals surface area contributed by atoms with E-state index >= 15 is 0 Å². The molecule has 3 aromatic carbocycles. The number of hydrogen-bond donors (Lipinski definition) is 2. The predicted octanol–water partition coefficient (Wildman–Crippen LogP) is 6.13. The smallest absolute Gasteiger partial charge is 0.314 e. The lowest BCUT2D eigenvalue weighted by Crippen LogP contribution is -2.26. The van der Waals surface area contributed by atoms with Crippen molar-refractivity contribution in [2.75, 3.05) is 10.2 Å². The normalized spacial score (nSPS) is 13.3. The van der Waals surface area contributed by atoms with Crippen LogP contribution in [-0.2, 0) is 16.1 Å². The maximum Gasteiger partial charge on any atom is 0.314 e. The van der Waals surface area contributed by atoms with E-state index in [2.05, 4.69) is 41.4 Å². The summed E-state index contributed by atoms with van der Waals surface area (Å²) in [6.45, 7) is 0.199. The van der Waals surface area contributed by atoms with Crippen LogP contribution in [0, 0.1) is 4.84 Å². The molecule has 0 fully saturated rings. The molecule has 2 amide bonds. The first-order valence-corrected chi connectivity index (χ1v) is 11.2. The zero-order valence-electron chi connectivity index (χ0n) is 17.3. The predicted molar refractivity (Wildman–Crippen MR) is 132 cm³/mol.